The van der Waals surface area contributed by atoms with Crippen molar-refractivity contribution in [3.63, 3.8) is 0 Å². The van der Waals surface area contributed by atoms with Crippen LogP contribution in [-0.4, -0.2) is 13.0 Å². The third-order valence-corrected chi connectivity index (χ3v) is 3.15. The van der Waals surface area contributed by atoms with Gasteiger partial charge in [0.2, 0.25) is 0 Å². The second-order valence-electron chi connectivity index (χ2n) is 4.04. The Morgan fingerprint density at radius 2 is 1.76 bits per heavy atom. The number of benzene rings is 2. The van der Waals surface area contributed by atoms with Crippen LogP contribution in [0.25, 0.3) is 0 Å². The Morgan fingerprint density at radius 1 is 1.14 bits per heavy atom. The van der Waals surface area contributed by atoms with Gasteiger partial charge >= 0.3 is 0 Å². The summed E-state index contributed by atoms with van der Waals surface area (Å²) in [5.74, 6) is -4.01. The molecule has 2 aromatic rings. The van der Waals surface area contributed by atoms with Gasteiger partial charge in [0.05, 0.1) is 12.7 Å². The molecule has 0 aliphatic heterocycles. The van der Waals surface area contributed by atoms with Crippen LogP contribution in [-0.2, 0) is 0 Å². The maximum Gasteiger partial charge on any atom is 0.259 e. The highest BCUT2D eigenvalue weighted by Crippen LogP contribution is 2.26. The second-order valence-corrected chi connectivity index (χ2v) is 4.96. The van der Waals surface area contributed by atoms with Crippen LogP contribution < -0.4 is 10.1 Å². The van der Waals surface area contributed by atoms with Gasteiger partial charge in [0, 0.05) is 16.6 Å². The standard InChI is InChI=1S/C14H9BrF3NO2/c1-21-12-4-7(15)2-3-9(12)14(20)19-13-10(17)5-8(16)6-11(13)18/h2-6H,1H3,(H,19,20). The van der Waals surface area contributed by atoms with Crippen molar-refractivity contribution >= 4 is 27.5 Å². The summed E-state index contributed by atoms with van der Waals surface area (Å²) in [7, 11) is 1.36. The first-order valence-electron chi connectivity index (χ1n) is 5.72. The minimum Gasteiger partial charge on any atom is -0.496 e. The minimum atomic E-state index is -1.20. The number of carbonyl (C=O) groups excluding carboxylic acids is 1. The minimum absolute atomic E-state index is 0.0869. The highest BCUT2D eigenvalue weighted by molar-refractivity contribution is 9.10. The lowest BCUT2D eigenvalue weighted by atomic mass is 10.1. The van der Waals surface area contributed by atoms with Gasteiger partial charge in [-0.2, -0.15) is 0 Å². The number of hydrogen-bond acceptors (Lipinski definition) is 2. The van der Waals surface area contributed by atoms with Crippen LogP contribution in [0.2, 0.25) is 0 Å². The fraction of sp³-hybridized carbons (Fsp3) is 0.0714. The number of carbonyl (C=O) groups is 1. The number of halogens is 4. The average Bonchev–Trinajstić information content (AvgIpc) is 2.42. The van der Waals surface area contributed by atoms with E-state index in [-0.39, 0.29) is 11.3 Å². The highest BCUT2D eigenvalue weighted by atomic mass is 79.9. The summed E-state index contributed by atoms with van der Waals surface area (Å²) in [5.41, 5.74) is -0.629. The first-order valence-corrected chi connectivity index (χ1v) is 6.51. The molecule has 1 N–H and O–H groups in total. The summed E-state index contributed by atoms with van der Waals surface area (Å²) in [4.78, 5) is 12.1. The lowest BCUT2D eigenvalue weighted by molar-refractivity contribution is 0.102. The van der Waals surface area contributed by atoms with Gasteiger partial charge in [-0.25, -0.2) is 13.2 Å². The Balaban J connectivity index is 2.35. The zero-order valence-electron chi connectivity index (χ0n) is 10.7. The van der Waals surface area contributed by atoms with Gasteiger partial charge in [-0.15, -0.1) is 0 Å². The first-order chi connectivity index (χ1) is 9.92. The molecular weight excluding hydrogens is 351 g/mol. The van der Waals surface area contributed by atoms with Gasteiger partial charge < -0.3 is 10.1 Å². The number of amides is 1. The predicted octanol–water partition coefficient (Wildman–Crippen LogP) is 4.13. The molecule has 0 radical (unpaired) electrons. The maximum absolute atomic E-state index is 13.5. The summed E-state index contributed by atoms with van der Waals surface area (Å²) < 4.78 is 45.5. The topological polar surface area (TPSA) is 38.3 Å². The normalized spacial score (nSPS) is 10.3. The molecule has 0 aliphatic carbocycles. The van der Waals surface area contributed by atoms with E-state index in [2.05, 4.69) is 21.2 Å². The van der Waals surface area contributed by atoms with Crippen LogP contribution in [0.3, 0.4) is 0 Å². The van der Waals surface area contributed by atoms with Crippen molar-refractivity contribution in [3.05, 3.63) is 57.8 Å². The highest BCUT2D eigenvalue weighted by Gasteiger charge is 2.18. The van der Waals surface area contributed by atoms with Gasteiger partial charge in [-0.1, -0.05) is 15.9 Å². The van der Waals surface area contributed by atoms with Crippen molar-refractivity contribution in [2.75, 3.05) is 12.4 Å². The molecule has 7 heteroatoms. The summed E-state index contributed by atoms with van der Waals surface area (Å²) in [6.07, 6.45) is 0. The van der Waals surface area contributed by atoms with E-state index < -0.39 is 29.0 Å². The number of hydrogen-bond donors (Lipinski definition) is 1. The molecule has 0 saturated carbocycles. The number of anilines is 1. The second kappa shape index (κ2) is 6.17. The number of methoxy groups -OCH3 is 1. The largest absolute Gasteiger partial charge is 0.496 e. The van der Waals surface area contributed by atoms with E-state index in [4.69, 9.17) is 4.74 Å². The first kappa shape index (κ1) is 15.4. The molecule has 3 nitrogen and oxygen atoms in total. The van der Waals surface area contributed by atoms with Crippen LogP contribution in [0.5, 0.6) is 5.75 Å². The fourth-order valence-electron chi connectivity index (χ4n) is 1.70. The van der Waals surface area contributed by atoms with Crippen LogP contribution in [0.1, 0.15) is 10.4 Å². The molecule has 0 saturated heterocycles. The molecule has 2 rings (SSSR count). The van der Waals surface area contributed by atoms with Crippen LogP contribution in [0.4, 0.5) is 18.9 Å². The summed E-state index contributed by atoms with van der Waals surface area (Å²) in [5, 5.41) is 2.07. The maximum atomic E-state index is 13.5. The van der Waals surface area contributed by atoms with Crippen molar-refractivity contribution < 1.29 is 22.7 Å². The molecule has 0 unspecified atom stereocenters. The van der Waals surface area contributed by atoms with Gasteiger partial charge in [0.15, 0.2) is 11.6 Å². The quantitative estimate of drug-likeness (QED) is 0.894. The summed E-state index contributed by atoms with van der Waals surface area (Å²) >= 11 is 3.21. The molecule has 21 heavy (non-hydrogen) atoms. The predicted molar refractivity (Wildman–Crippen MR) is 75.0 cm³/mol. The van der Waals surface area contributed by atoms with Gasteiger partial charge in [0.1, 0.15) is 17.3 Å². The Labute approximate surface area is 126 Å². The molecule has 0 bridgehead atoms. The molecule has 1 amide bonds. The van der Waals surface area contributed by atoms with Crippen molar-refractivity contribution in [1.82, 2.24) is 0 Å². The Hall–Kier alpha value is -2.02. The zero-order valence-corrected chi connectivity index (χ0v) is 12.3. The van der Waals surface area contributed by atoms with E-state index in [0.29, 0.717) is 16.6 Å². The Kier molecular flexibility index (Phi) is 4.52. The van der Waals surface area contributed by atoms with E-state index in [1.54, 1.807) is 6.07 Å². The number of ether oxygens (including phenoxy) is 1. The van der Waals surface area contributed by atoms with Crippen molar-refractivity contribution in [2.24, 2.45) is 0 Å². The average molecular weight is 360 g/mol. The van der Waals surface area contributed by atoms with E-state index in [1.807, 2.05) is 0 Å². The third-order valence-electron chi connectivity index (χ3n) is 2.65. The zero-order chi connectivity index (χ0) is 15.6. The molecule has 0 spiro atoms. The molecule has 0 aliphatic rings. The summed E-state index contributed by atoms with van der Waals surface area (Å²) in [6, 6.07) is 5.51. The molecular formula is C14H9BrF3NO2. The smallest absolute Gasteiger partial charge is 0.259 e. The molecule has 2 aromatic carbocycles. The molecule has 0 aromatic heterocycles. The van der Waals surface area contributed by atoms with Crippen LogP contribution in [0.15, 0.2) is 34.8 Å². The van der Waals surface area contributed by atoms with E-state index >= 15 is 0 Å². The number of nitrogens with one attached hydrogen (secondary N) is 1. The van der Waals surface area contributed by atoms with Crippen molar-refractivity contribution in [1.29, 1.82) is 0 Å². The fourth-order valence-corrected chi connectivity index (χ4v) is 2.04. The van der Waals surface area contributed by atoms with Crippen molar-refractivity contribution in [2.45, 2.75) is 0 Å². The Bertz CT molecular complexity index is 684. The van der Waals surface area contributed by atoms with Gasteiger partial charge in [-0.05, 0) is 18.2 Å². The van der Waals surface area contributed by atoms with Crippen molar-refractivity contribution in [3.8, 4) is 5.75 Å². The Morgan fingerprint density at radius 3 is 2.33 bits per heavy atom. The molecule has 110 valence electrons. The van der Waals surface area contributed by atoms with Crippen LogP contribution in [0, 0.1) is 17.5 Å². The lowest BCUT2D eigenvalue weighted by Gasteiger charge is -2.11. The number of rotatable bonds is 3. The molecule has 0 atom stereocenters. The van der Waals surface area contributed by atoms with E-state index in [0.717, 1.165) is 0 Å². The monoisotopic (exact) mass is 359 g/mol. The van der Waals surface area contributed by atoms with E-state index in [9.17, 15) is 18.0 Å². The van der Waals surface area contributed by atoms with Gasteiger partial charge in [-0.3, -0.25) is 4.79 Å². The molecule has 0 fully saturated rings. The molecule has 0 heterocycles. The SMILES string of the molecule is COc1cc(Br)ccc1C(=O)Nc1c(F)cc(F)cc1F. The van der Waals surface area contributed by atoms with Gasteiger partial charge in [0.25, 0.3) is 5.91 Å². The summed E-state index contributed by atoms with van der Waals surface area (Å²) in [6.45, 7) is 0. The third kappa shape index (κ3) is 3.36. The van der Waals surface area contributed by atoms with Crippen LogP contribution >= 0.6 is 15.9 Å². The lowest BCUT2D eigenvalue weighted by Crippen LogP contribution is -2.15. The van der Waals surface area contributed by atoms with E-state index in [1.165, 1.54) is 19.2 Å².